The number of hydrogen-bond donors (Lipinski definition) is 2. The van der Waals surface area contributed by atoms with Crippen LogP contribution in [0.25, 0.3) is 0 Å². The van der Waals surface area contributed by atoms with Crippen LogP contribution in [0.5, 0.6) is 0 Å². The fourth-order valence-electron chi connectivity index (χ4n) is 1.15. The predicted octanol–water partition coefficient (Wildman–Crippen LogP) is -1.25. The van der Waals surface area contributed by atoms with Crippen LogP contribution in [-0.2, 0) is 14.9 Å². The normalized spacial score (nSPS) is 19.9. The van der Waals surface area contributed by atoms with Gasteiger partial charge >= 0.3 is 0 Å². The SMILES string of the molecule is NCC(F)(F)CNS(=O)(=O)N1CCOCC1. The lowest BCUT2D eigenvalue weighted by Crippen LogP contribution is -2.50. The van der Waals surface area contributed by atoms with Gasteiger partial charge in [0.25, 0.3) is 16.1 Å². The molecule has 1 aliphatic heterocycles. The van der Waals surface area contributed by atoms with E-state index in [1.165, 1.54) is 0 Å². The minimum absolute atomic E-state index is 0.170. The van der Waals surface area contributed by atoms with E-state index in [9.17, 15) is 17.2 Å². The Morgan fingerprint density at radius 3 is 2.44 bits per heavy atom. The molecule has 0 saturated carbocycles. The molecular formula is C7H15F2N3O3S. The first-order valence-electron chi connectivity index (χ1n) is 4.78. The molecule has 1 aliphatic rings. The van der Waals surface area contributed by atoms with Crippen molar-refractivity contribution < 1.29 is 21.9 Å². The molecule has 1 saturated heterocycles. The van der Waals surface area contributed by atoms with E-state index in [2.05, 4.69) is 0 Å². The van der Waals surface area contributed by atoms with Crippen molar-refractivity contribution in [2.75, 3.05) is 39.4 Å². The van der Waals surface area contributed by atoms with Crippen LogP contribution >= 0.6 is 0 Å². The summed E-state index contributed by atoms with van der Waals surface area (Å²) in [5.41, 5.74) is 4.80. The largest absolute Gasteiger partial charge is 0.379 e. The molecule has 0 aromatic rings. The van der Waals surface area contributed by atoms with Crippen molar-refractivity contribution >= 4 is 10.2 Å². The van der Waals surface area contributed by atoms with Crippen molar-refractivity contribution in [3.05, 3.63) is 0 Å². The van der Waals surface area contributed by atoms with Gasteiger partial charge in [0.05, 0.1) is 26.3 Å². The van der Waals surface area contributed by atoms with Crippen molar-refractivity contribution in [3.63, 3.8) is 0 Å². The highest BCUT2D eigenvalue weighted by Crippen LogP contribution is 2.10. The number of hydrogen-bond acceptors (Lipinski definition) is 4. The van der Waals surface area contributed by atoms with Gasteiger partial charge in [-0.2, -0.15) is 17.4 Å². The molecule has 0 spiro atoms. The zero-order valence-electron chi connectivity index (χ0n) is 8.66. The van der Waals surface area contributed by atoms with E-state index in [-0.39, 0.29) is 26.3 Å². The molecule has 9 heteroatoms. The smallest absolute Gasteiger partial charge is 0.279 e. The number of halogens is 2. The summed E-state index contributed by atoms with van der Waals surface area (Å²) in [7, 11) is -3.86. The van der Waals surface area contributed by atoms with Gasteiger partial charge in [-0.3, -0.25) is 0 Å². The Balaban J connectivity index is 2.51. The number of nitrogens with one attached hydrogen (secondary N) is 1. The third kappa shape index (κ3) is 3.91. The topological polar surface area (TPSA) is 84.7 Å². The summed E-state index contributed by atoms with van der Waals surface area (Å²) >= 11 is 0. The molecular weight excluding hydrogens is 244 g/mol. The Hall–Kier alpha value is -0.350. The van der Waals surface area contributed by atoms with Crippen LogP contribution in [-0.4, -0.2) is 58.0 Å². The second-order valence-electron chi connectivity index (χ2n) is 3.40. The monoisotopic (exact) mass is 259 g/mol. The zero-order chi connectivity index (χ0) is 12.2. The highest BCUT2D eigenvalue weighted by atomic mass is 32.2. The lowest BCUT2D eigenvalue weighted by Gasteiger charge is -2.26. The van der Waals surface area contributed by atoms with Gasteiger partial charge in [-0.1, -0.05) is 0 Å². The van der Waals surface area contributed by atoms with E-state index < -0.39 is 29.2 Å². The van der Waals surface area contributed by atoms with Crippen LogP contribution in [0.15, 0.2) is 0 Å². The van der Waals surface area contributed by atoms with Gasteiger partial charge in [0.2, 0.25) is 0 Å². The summed E-state index contributed by atoms with van der Waals surface area (Å²) in [5, 5.41) is 0. The van der Waals surface area contributed by atoms with Crippen molar-refractivity contribution in [2.45, 2.75) is 5.92 Å². The summed E-state index contributed by atoms with van der Waals surface area (Å²) < 4.78 is 56.4. The number of alkyl halides is 2. The fraction of sp³-hybridized carbons (Fsp3) is 1.00. The van der Waals surface area contributed by atoms with Gasteiger partial charge in [0.1, 0.15) is 0 Å². The van der Waals surface area contributed by atoms with Crippen LogP contribution in [0, 0.1) is 0 Å². The number of nitrogens with two attached hydrogens (primary N) is 1. The highest BCUT2D eigenvalue weighted by molar-refractivity contribution is 7.87. The van der Waals surface area contributed by atoms with E-state index in [4.69, 9.17) is 10.5 Å². The molecule has 1 rings (SSSR count). The third-order valence-corrected chi connectivity index (χ3v) is 3.68. The number of rotatable bonds is 5. The van der Waals surface area contributed by atoms with E-state index in [1.807, 2.05) is 4.72 Å². The summed E-state index contributed by atoms with van der Waals surface area (Å²) in [4.78, 5) is 0. The molecule has 0 aromatic carbocycles. The summed E-state index contributed by atoms with van der Waals surface area (Å²) in [6.45, 7) is -0.989. The number of morpholine rings is 1. The maximum absolute atomic E-state index is 12.8. The van der Waals surface area contributed by atoms with Crippen molar-refractivity contribution in [1.29, 1.82) is 0 Å². The molecule has 3 N–H and O–H groups in total. The Bertz CT molecular complexity index is 317. The van der Waals surface area contributed by atoms with Crippen molar-refractivity contribution in [1.82, 2.24) is 9.03 Å². The lowest BCUT2D eigenvalue weighted by molar-refractivity contribution is 0.0161. The maximum Gasteiger partial charge on any atom is 0.279 e. The molecule has 0 aromatic heterocycles. The molecule has 6 nitrogen and oxygen atoms in total. The third-order valence-electron chi connectivity index (χ3n) is 2.12. The molecule has 0 unspecified atom stereocenters. The first-order chi connectivity index (χ1) is 7.37. The Morgan fingerprint density at radius 2 is 1.94 bits per heavy atom. The van der Waals surface area contributed by atoms with Gasteiger partial charge in [-0.15, -0.1) is 0 Å². The van der Waals surface area contributed by atoms with Gasteiger partial charge in [0, 0.05) is 13.1 Å². The maximum atomic E-state index is 12.8. The molecule has 0 aliphatic carbocycles. The molecule has 0 radical (unpaired) electrons. The predicted molar refractivity (Wildman–Crippen MR) is 53.3 cm³/mol. The van der Waals surface area contributed by atoms with Crippen molar-refractivity contribution in [3.8, 4) is 0 Å². The Kier molecular flexibility index (Phi) is 4.56. The van der Waals surface area contributed by atoms with Crippen LogP contribution in [0.4, 0.5) is 8.78 Å². The molecule has 1 fully saturated rings. The fourth-order valence-corrected chi connectivity index (χ4v) is 2.35. The summed E-state index contributed by atoms with van der Waals surface area (Å²) in [5.74, 6) is -3.22. The highest BCUT2D eigenvalue weighted by Gasteiger charge is 2.31. The Morgan fingerprint density at radius 1 is 1.38 bits per heavy atom. The van der Waals surface area contributed by atoms with Gasteiger partial charge < -0.3 is 10.5 Å². The van der Waals surface area contributed by atoms with E-state index >= 15 is 0 Å². The number of ether oxygens (including phenoxy) is 1. The second-order valence-corrected chi connectivity index (χ2v) is 5.15. The van der Waals surface area contributed by atoms with Crippen LogP contribution < -0.4 is 10.5 Å². The average Bonchev–Trinajstić information content (AvgIpc) is 2.28. The van der Waals surface area contributed by atoms with Crippen LogP contribution in [0.3, 0.4) is 0 Å². The molecule has 0 atom stereocenters. The molecule has 96 valence electrons. The van der Waals surface area contributed by atoms with E-state index in [0.717, 1.165) is 4.31 Å². The molecule has 0 amide bonds. The molecule has 16 heavy (non-hydrogen) atoms. The lowest BCUT2D eigenvalue weighted by atomic mass is 10.3. The second kappa shape index (κ2) is 5.32. The van der Waals surface area contributed by atoms with Gasteiger partial charge in [-0.05, 0) is 0 Å². The van der Waals surface area contributed by atoms with Crippen LogP contribution in [0.2, 0.25) is 0 Å². The standard InChI is InChI=1S/C7H15F2N3O3S/c8-7(9,5-10)6-11-16(13,14)12-1-3-15-4-2-12/h11H,1-6,10H2. The van der Waals surface area contributed by atoms with Crippen molar-refractivity contribution in [2.24, 2.45) is 5.73 Å². The number of nitrogens with zero attached hydrogens (tertiary/aromatic N) is 1. The molecule has 0 bridgehead atoms. The van der Waals surface area contributed by atoms with Gasteiger partial charge in [-0.25, -0.2) is 8.78 Å². The van der Waals surface area contributed by atoms with E-state index in [1.54, 1.807) is 0 Å². The summed E-state index contributed by atoms with van der Waals surface area (Å²) in [6.07, 6.45) is 0. The minimum Gasteiger partial charge on any atom is -0.379 e. The molecule has 1 heterocycles. The summed E-state index contributed by atoms with van der Waals surface area (Å²) in [6, 6.07) is 0. The first kappa shape index (κ1) is 13.7. The van der Waals surface area contributed by atoms with Crippen LogP contribution in [0.1, 0.15) is 0 Å². The zero-order valence-corrected chi connectivity index (χ0v) is 9.47. The Labute approximate surface area is 92.9 Å². The quantitative estimate of drug-likeness (QED) is 0.646. The minimum atomic E-state index is -3.86. The van der Waals surface area contributed by atoms with Gasteiger partial charge in [0.15, 0.2) is 0 Å². The average molecular weight is 259 g/mol. The first-order valence-corrected chi connectivity index (χ1v) is 6.22. The van der Waals surface area contributed by atoms with E-state index in [0.29, 0.717) is 0 Å².